The van der Waals surface area contributed by atoms with Gasteiger partial charge in [-0.15, -0.1) is 11.8 Å². The monoisotopic (exact) mass is 430 g/mol. The van der Waals surface area contributed by atoms with E-state index in [0.29, 0.717) is 17.2 Å². The van der Waals surface area contributed by atoms with Crippen molar-refractivity contribution in [2.75, 3.05) is 16.0 Å². The van der Waals surface area contributed by atoms with E-state index < -0.39 is 0 Å². The Morgan fingerprint density at radius 2 is 1.77 bits per heavy atom. The topological polar surface area (TPSA) is 49.4 Å². The molecule has 1 fully saturated rings. The van der Waals surface area contributed by atoms with Crippen LogP contribution in [-0.4, -0.2) is 17.6 Å². The second-order valence-corrected chi connectivity index (χ2v) is 9.14. The SMILES string of the molecule is Cc1ccccc1C(=O)Nc1cccc(C2SCC(=O)N2c2ccc(C(C)C)cc2)c1. The fourth-order valence-corrected chi connectivity index (χ4v) is 4.93. The fraction of sp³-hybridized carbons (Fsp3) is 0.231. The maximum atomic E-state index is 12.7. The molecule has 0 saturated carbocycles. The van der Waals surface area contributed by atoms with Crippen molar-refractivity contribution in [1.82, 2.24) is 0 Å². The molecule has 1 aliphatic rings. The first-order valence-electron chi connectivity index (χ1n) is 10.4. The molecular formula is C26H26N2O2S. The van der Waals surface area contributed by atoms with Gasteiger partial charge in [0.05, 0.1) is 5.75 Å². The highest BCUT2D eigenvalue weighted by Gasteiger charge is 2.34. The van der Waals surface area contributed by atoms with Crippen molar-refractivity contribution < 1.29 is 9.59 Å². The summed E-state index contributed by atoms with van der Waals surface area (Å²) < 4.78 is 0. The summed E-state index contributed by atoms with van der Waals surface area (Å²) in [6.07, 6.45) is 0. The van der Waals surface area contributed by atoms with Crippen LogP contribution < -0.4 is 10.2 Å². The number of amides is 2. The molecule has 0 bridgehead atoms. The molecule has 1 unspecified atom stereocenters. The van der Waals surface area contributed by atoms with E-state index in [-0.39, 0.29) is 17.2 Å². The summed E-state index contributed by atoms with van der Waals surface area (Å²) in [5, 5.41) is 2.88. The van der Waals surface area contributed by atoms with Crippen molar-refractivity contribution in [2.45, 2.75) is 32.1 Å². The highest BCUT2D eigenvalue weighted by molar-refractivity contribution is 8.00. The molecule has 1 saturated heterocycles. The molecule has 1 atom stereocenters. The smallest absolute Gasteiger partial charge is 0.255 e. The van der Waals surface area contributed by atoms with Gasteiger partial charge in [-0.3, -0.25) is 14.5 Å². The van der Waals surface area contributed by atoms with Crippen molar-refractivity contribution >= 4 is 35.0 Å². The van der Waals surface area contributed by atoms with Gasteiger partial charge in [0.15, 0.2) is 0 Å². The summed E-state index contributed by atoms with van der Waals surface area (Å²) in [5.74, 6) is 0.853. The van der Waals surface area contributed by atoms with Gasteiger partial charge in [0.1, 0.15) is 5.37 Å². The second-order valence-electron chi connectivity index (χ2n) is 8.07. The zero-order valence-electron chi connectivity index (χ0n) is 18.0. The van der Waals surface area contributed by atoms with E-state index in [9.17, 15) is 9.59 Å². The van der Waals surface area contributed by atoms with Gasteiger partial charge in [0.2, 0.25) is 5.91 Å². The summed E-state index contributed by atoms with van der Waals surface area (Å²) in [4.78, 5) is 27.3. The van der Waals surface area contributed by atoms with Gasteiger partial charge >= 0.3 is 0 Å². The molecule has 4 rings (SSSR count). The largest absolute Gasteiger partial charge is 0.322 e. The predicted molar refractivity (Wildman–Crippen MR) is 129 cm³/mol. The van der Waals surface area contributed by atoms with Crippen LogP contribution in [0.15, 0.2) is 72.8 Å². The molecule has 31 heavy (non-hydrogen) atoms. The average Bonchev–Trinajstić information content (AvgIpc) is 3.15. The first kappa shape index (κ1) is 21.2. The maximum absolute atomic E-state index is 12.7. The third kappa shape index (κ3) is 4.52. The number of thioether (sulfide) groups is 1. The summed E-state index contributed by atoms with van der Waals surface area (Å²) >= 11 is 1.61. The van der Waals surface area contributed by atoms with Crippen LogP contribution in [0.2, 0.25) is 0 Å². The number of nitrogens with zero attached hydrogens (tertiary/aromatic N) is 1. The Morgan fingerprint density at radius 3 is 2.48 bits per heavy atom. The summed E-state index contributed by atoms with van der Waals surface area (Å²) in [5.41, 5.74) is 5.46. The van der Waals surface area contributed by atoms with Crippen molar-refractivity contribution in [3.63, 3.8) is 0 Å². The predicted octanol–water partition coefficient (Wildman–Crippen LogP) is 6.15. The minimum Gasteiger partial charge on any atom is -0.322 e. The van der Waals surface area contributed by atoms with Crippen LogP contribution in [0.4, 0.5) is 11.4 Å². The molecule has 0 aliphatic carbocycles. The zero-order chi connectivity index (χ0) is 22.0. The second kappa shape index (κ2) is 8.98. The molecular weight excluding hydrogens is 404 g/mol. The number of benzene rings is 3. The minimum atomic E-state index is -0.133. The van der Waals surface area contributed by atoms with Crippen LogP contribution in [0.1, 0.15) is 52.2 Å². The molecule has 1 N–H and O–H groups in total. The van der Waals surface area contributed by atoms with E-state index in [1.807, 2.05) is 72.5 Å². The van der Waals surface area contributed by atoms with E-state index in [1.165, 1.54) is 5.56 Å². The maximum Gasteiger partial charge on any atom is 0.255 e. The summed E-state index contributed by atoms with van der Waals surface area (Å²) in [7, 11) is 0. The van der Waals surface area contributed by atoms with Crippen LogP contribution >= 0.6 is 11.8 Å². The first-order valence-corrected chi connectivity index (χ1v) is 11.5. The Hall–Kier alpha value is -3.05. The molecule has 0 radical (unpaired) electrons. The molecule has 3 aromatic rings. The molecule has 1 aliphatic heterocycles. The van der Waals surface area contributed by atoms with Gasteiger partial charge in [-0.05, 0) is 59.9 Å². The fourth-order valence-electron chi connectivity index (χ4n) is 3.77. The highest BCUT2D eigenvalue weighted by atomic mass is 32.2. The number of hydrogen-bond donors (Lipinski definition) is 1. The van der Waals surface area contributed by atoms with Crippen LogP contribution in [-0.2, 0) is 4.79 Å². The third-order valence-electron chi connectivity index (χ3n) is 5.53. The minimum absolute atomic E-state index is 0.0987. The first-order chi connectivity index (χ1) is 14.9. The quantitative estimate of drug-likeness (QED) is 0.528. The number of carbonyl (C=O) groups excluding carboxylic acids is 2. The molecule has 4 nitrogen and oxygen atoms in total. The molecule has 3 aromatic carbocycles. The van der Waals surface area contributed by atoms with Crippen LogP contribution in [0, 0.1) is 6.92 Å². The van der Waals surface area contributed by atoms with Crippen LogP contribution in [0.25, 0.3) is 0 Å². The molecule has 0 spiro atoms. The van der Waals surface area contributed by atoms with E-state index in [0.717, 1.165) is 22.5 Å². The van der Waals surface area contributed by atoms with Crippen molar-refractivity contribution in [2.24, 2.45) is 0 Å². The standard InChI is InChI=1S/C26H26N2O2S/c1-17(2)19-11-13-22(14-12-19)28-24(29)16-31-26(28)20-8-6-9-21(15-20)27-25(30)23-10-5-4-7-18(23)3/h4-15,17,26H,16H2,1-3H3,(H,27,30). The van der Waals surface area contributed by atoms with Crippen molar-refractivity contribution in [1.29, 1.82) is 0 Å². The molecule has 0 aromatic heterocycles. The lowest BCUT2D eigenvalue weighted by Gasteiger charge is -2.25. The lowest BCUT2D eigenvalue weighted by Crippen LogP contribution is -2.27. The molecule has 2 amide bonds. The van der Waals surface area contributed by atoms with Crippen molar-refractivity contribution in [3.8, 4) is 0 Å². The third-order valence-corrected chi connectivity index (χ3v) is 6.74. The Labute approximate surface area is 187 Å². The van der Waals surface area contributed by atoms with Gasteiger partial charge in [-0.25, -0.2) is 0 Å². The normalized spacial score (nSPS) is 16.1. The van der Waals surface area contributed by atoms with Gasteiger partial charge in [-0.1, -0.05) is 56.3 Å². The number of aryl methyl sites for hydroxylation is 1. The van der Waals surface area contributed by atoms with Gasteiger partial charge in [-0.2, -0.15) is 0 Å². The average molecular weight is 431 g/mol. The van der Waals surface area contributed by atoms with E-state index in [2.05, 4.69) is 31.3 Å². The number of hydrogen-bond acceptors (Lipinski definition) is 3. The van der Waals surface area contributed by atoms with Gasteiger partial charge < -0.3 is 5.32 Å². The Kier molecular flexibility index (Phi) is 6.14. The highest BCUT2D eigenvalue weighted by Crippen LogP contribution is 2.42. The number of anilines is 2. The summed E-state index contributed by atoms with van der Waals surface area (Å²) in [6, 6.07) is 23.5. The molecule has 1 heterocycles. The lowest BCUT2D eigenvalue weighted by molar-refractivity contribution is -0.115. The Morgan fingerprint density at radius 1 is 1.03 bits per heavy atom. The Bertz CT molecular complexity index is 1110. The molecule has 158 valence electrons. The Balaban J connectivity index is 1.58. The van der Waals surface area contributed by atoms with Gasteiger partial charge in [0, 0.05) is 16.9 Å². The zero-order valence-corrected chi connectivity index (χ0v) is 18.8. The van der Waals surface area contributed by atoms with Crippen molar-refractivity contribution in [3.05, 3.63) is 95.1 Å². The van der Waals surface area contributed by atoms with Crippen LogP contribution in [0.3, 0.4) is 0 Å². The number of nitrogens with one attached hydrogen (secondary N) is 1. The summed E-state index contributed by atoms with van der Waals surface area (Å²) in [6.45, 7) is 6.24. The van der Waals surface area contributed by atoms with E-state index >= 15 is 0 Å². The van der Waals surface area contributed by atoms with E-state index in [1.54, 1.807) is 11.8 Å². The molecule has 5 heteroatoms. The lowest BCUT2D eigenvalue weighted by atomic mass is 10.0. The number of rotatable bonds is 5. The number of carbonyl (C=O) groups is 2. The van der Waals surface area contributed by atoms with Gasteiger partial charge in [0.25, 0.3) is 5.91 Å². The van der Waals surface area contributed by atoms with E-state index in [4.69, 9.17) is 0 Å². The van der Waals surface area contributed by atoms with Crippen LogP contribution in [0.5, 0.6) is 0 Å².